The number of benzene rings is 3. The van der Waals surface area contributed by atoms with E-state index in [0.717, 1.165) is 37.6 Å². The van der Waals surface area contributed by atoms with Gasteiger partial charge in [-0.1, -0.05) is 65.8 Å². The molecule has 1 fully saturated rings. The Morgan fingerprint density at radius 1 is 0.919 bits per heavy atom. The third kappa shape index (κ3) is 4.56. The van der Waals surface area contributed by atoms with E-state index in [0.29, 0.717) is 28.4 Å². The van der Waals surface area contributed by atoms with E-state index in [1.165, 1.54) is 17.2 Å². The maximum atomic E-state index is 15.3. The van der Waals surface area contributed by atoms with Gasteiger partial charge in [0.15, 0.2) is 5.76 Å². The molecule has 37 heavy (non-hydrogen) atoms. The first-order valence-electron chi connectivity index (χ1n) is 12.5. The lowest BCUT2D eigenvalue weighted by Crippen LogP contribution is -2.48. The Morgan fingerprint density at radius 2 is 1.57 bits per heavy atom. The minimum Gasteiger partial charge on any atom is -0.367 e. The molecule has 0 radical (unpaired) electrons. The molecule has 1 aliphatic heterocycles. The summed E-state index contributed by atoms with van der Waals surface area (Å²) in [4.78, 5) is 12.4. The van der Waals surface area contributed by atoms with E-state index < -0.39 is 0 Å². The highest BCUT2D eigenvalue weighted by molar-refractivity contribution is 5.83. The zero-order valence-corrected chi connectivity index (χ0v) is 20.9. The number of hydrogen-bond donors (Lipinski definition) is 2. The monoisotopic (exact) mass is 496 g/mol. The molecule has 1 saturated heterocycles. The predicted molar refractivity (Wildman–Crippen MR) is 144 cm³/mol. The van der Waals surface area contributed by atoms with Crippen LogP contribution in [0.4, 0.5) is 21.7 Å². The molecule has 0 unspecified atom stereocenters. The second-order valence-electron chi connectivity index (χ2n) is 9.48. The van der Waals surface area contributed by atoms with Gasteiger partial charge < -0.3 is 19.7 Å². The lowest BCUT2D eigenvalue weighted by Gasteiger charge is -2.40. The third-order valence-electron chi connectivity index (χ3n) is 7.08. The number of piperazine rings is 1. The summed E-state index contributed by atoms with van der Waals surface area (Å²) in [5.74, 6) is 0.947. The molecule has 8 heteroatoms. The Hall–Kier alpha value is -4.17. The molecule has 2 N–H and O–H groups in total. The van der Waals surface area contributed by atoms with Crippen molar-refractivity contribution in [3.63, 3.8) is 0 Å². The summed E-state index contributed by atoms with van der Waals surface area (Å²) in [6, 6.07) is 24.7. The number of nitrogens with one attached hydrogen (secondary N) is 2. The van der Waals surface area contributed by atoms with E-state index >= 15 is 4.39 Å². The van der Waals surface area contributed by atoms with Crippen LogP contribution in [-0.2, 0) is 0 Å². The number of nitrogens with zero attached hydrogens (tertiary/aromatic N) is 4. The highest BCUT2D eigenvalue weighted by atomic mass is 19.1. The maximum Gasteiger partial charge on any atom is 0.205 e. The smallest absolute Gasteiger partial charge is 0.205 e. The second kappa shape index (κ2) is 9.71. The van der Waals surface area contributed by atoms with Gasteiger partial charge in [-0.15, -0.1) is 0 Å². The average molecular weight is 497 g/mol. The van der Waals surface area contributed by atoms with Crippen LogP contribution in [0.2, 0.25) is 0 Å². The van der Waals surface area contributed by atoms with Crippen LogP contribution in [0.5, 0.6) is 0 Å². The van der Waals surface area contributed by atoms with E-state index in [9.17, 15) is 0 Å². The highest BCUT2D eigenvalue weighted by Gasteiger charge is 2.27. The summed E-state index contributed by atoms with van der Waals surface area (Å²) in [6.45, 7) is 6.80. The Balaban J connectivity index is 1.22. The van der Waals surface area contributed by atoms with E-state index in [2.05, 4.69) is 78.8 Å². The largest absolute Gasteiger partial charge is 0.367 e. The molecule has 7 nitrogen and oxygen atoms in total. The average Bonchev–Trinajstić information content (AvgIpc) is 3.47. The first-order chi connectivity index (χ1) is 18.1. The fourth-order valence-electron chi connectivity index (χ4n) is 5.21. The maximum absolute atomic E-state index is 15.3. The molecule has 0 spiro atoms. The van der Waals surface area contributed by atoms with Crippen molar-refractivity contribution < 1.29 is 8.91 Å². The summed E-state index contributed by atoms with van der Waals surface area (Å²) in [7, 11) is 0. The molecule has 2 aromatic heterocycles. The standard InChI is InChI=1S/C29H29FN6O/c1-19-27(20(2)37-34-19)33-29-31-24-17-23(30)26(18-25(24)32-29)35-13-15-36(16-14-35)28(21-9-5-3-6-10-21)22-11-7-4-8-12-22/h3-12,17-18,28H,13-16H2,1-2H3,(H2,31,32,33). The van der Waals surface area contributed by atoms with Crippen molar-refractivity contribution >= 4 is 28.4 Å². The van der Waals surface area contributed by atoms with Crippen LogP contribution < -0.4 is 10.2 Å². The van der Waals surface area contributed by atoms with Gasteiger partial charge in [-0.3, -0.25) is 4.90 Å². The Morgan fingerprint density at radius 3 is 2.16 bits per heavy atom. The summed E-state index contributed by atoms with van der Waals surface area (Å²) in [5.41, 5.74) is 5.98. The first-order valence-corrected chi connectivity index (χ1v) is 12.5. The molecule has 0 bridgehead atoms. The zero-order valence-electron chi connectivity index (χ0n) is 20.9. The summed E-state index contributed by atoms with van der Waals surface area (Å²) < 4.78 is 20.5. The number of H-pyrrole nitrogens is 1. The molecule has 1 aliphatic rings. The quantitative estimate of drug-likeness (QED) is 0.302. The number of aryl methyl sites for hydroxylation is 2. The van der Waals surface area contributed by atoms with Crippen LogP contribution in [0, 0.1) is 19.7 Å². The minimum absolute atomic E-state index is 0.168. The van der Waals surface area contributed by atoms with Crippen molar-refractivity contribution in [2.75, 3.05) is 36.4 Å². The third-order valence-corrected chi connectivity index (χ3v) is 7.08. The lowest BCUT2D eigenvalue weighted by molar-refractivity contribution is 0.212. The number of halogens is 1. The number of aromatic nitrogens is 3. The zero-order chi connectivity index (χ0) is 25.4. The molecule has 0 saturated carbocycles. The molecule has 188 valence electrons. The van der Waals surface area contributed by atoms with Gasteiger partial charge in [-0.25, -0.2) is 9.37 Å². The first kappa shape index (κ1) is 23.2. The molecule has 3 heterocycles. The van der Waals surface area contributed by atoms with Gasteiger partial charge in [0.25, 0.3) is 0 Å². The van der Waals surface area contributed by atoms with E-state index in [4.69, 9.17) is 4.52 Å². The number of imidazole rings is 1. The fourth-order valence-corrected chi connectivity index (χ4v) is 5.21. The van der Waals surface area contributed by atoms with Crippen LogP contribution in [0.3, 0.4) is 0 Å². The second-order valence-corrected chi connectivity index (χ2v) is 9.48. The number of hydrogen-bond acceptors (Lipinski definition) is 6. The van der Waals surface area contributed by atoms with Gasteiger partial charge in [0, 0.05) is 32.2 Å². The highest BCUT2D eigenvalue weighted by Crippen LogP contribution is 2.32. The van der Waals surface area contributed by atoms with Gasteiger partial charge in [0.2, 0.25) is 5.95 Å². The number of fused-ring (bicyclic) bond motifs is 1. The summed E-state index contributed by atoms with van der Waals surface area (Å²) in [5, 5.41) is 7.17. The van der Waals surface area contributed by atoms with Crippen molar-refractivity contribution in [3.8, 4) is 0 Å². The minimum atomic E-state index is -0.254. The topological polar surface area (TPSA) is 73.2 Å². The molecule has 0 atom stereocenters. The van der Waals surface area contributed by atoms with Crippen molar-refractivity contribution in [1.29, 1.82) is 0 Å². The fraction of sp³-hybridized carbons (Fsp3) is 0.241. The van der Waals surface area contributed by atoms with Crippen molar-refractivity contribution in [2.45, 2.75) is 19.9 Å². The normalized spacial score (nSPS) is 14.5. The lowest BCUT2D eigenvalue weighted by atomic mass is 9.96. The predicted octanol–water partition coefficient (Wildman–Crippen LogP) is 5.96. The Labute approximate surface area is 214 Å². The molecule has 0 amide bonds. The van der Waals surface area contributed by atoms with Crippen molar-refractivity contribution in [3.05, 3.63) is 101 Å². The summed E-state index contributed by atoms with van der Waals surface area (Å²) >= 11 is 0. The van der Waals surface area contributed by atoms with Gasteiger partial charge in [0.1, 0.15) is 17.2 Å². The Kier molecular flexibility index (Phi) is 6.10. The van der Waals surface area contributed by atoms with Crippen LogP contribution in [0.15, 0.2) is 77.3 Å². The van der Waals surface area contributed by atoms with E-state index in [-0.39, 0.29) is 11.9 Å². The molecular formula is C29H29FN6O. The molecule has 6 rings (SSSR count). The van der Waals surface area contributed by atoms with E-state index in [1.807, 2.05) is 32.0 Å². The van der Waals surface area contributed by atoms with Crippen molar-refractivity contribution in [1.82, 2.24) is 20.0 Å². The van der Waals surface area contributed by atoms with Crippen molar-refractivity contribution in [2.24, 2.45) is 0 Å². The summed E-state index contributed by atoms with van der Waals surface area (Å²) in [6.07, 6.45) is 0. The van der Waals surface area contributed by atoms with Crippen LogP contribution in [-0.4, -0.2) is 46.2 Å². The molecule has 5 aromatic rings. The van der Waals surface area contributed by atoms with Crippen LogP contribution in [0.1, 0.15) is 28.6 Å². The number of rotatable bonds is 6. The van der Waals surface area contributed by atoms with E-state index in [1.54, 1.807) is 0 Å². The molecule has 3 aromatic carbocycles. The molecule has 0 aliphatic carbocycles. The molecular weight excluding hydrogens is 467 g/mol. The van der Waals surface area contributed by atoms with Crippen LogP contribution in [0.25, 0.3) is 11.0 Å². The Bertz CT molecular complexity index is 1450. The van der Waals surface area contributed by atoms with Crippen LogP contribution >= 0.6 is 0 Å². The SMILES string of the molecule is Cc1noc(C)c1Nc1nc2cc(N3CCN(C(c4ccccc4)c4ccccc4)CC3)c(F)cc2[nH]1. The van der Waals surface area contributed by atoms with Gasteiger partial charge >= 0.3 is 0 Å². The number of aromatic amines is 1. The van der Waals surface area contributed by atoms with Gasteiger partial charge in [-0.05, 0) is 31.0 Å². The van der Waals surface area contributed by atoms with Gasteiger partial charge in [0.05, 0.1) is 22.8 Å². The van der Waals surface area contributed by atoms with Gasteiger partial charge in [-0.2, -0.15) is 0 Å². The number of anilines is 3.